The SMILES string of the molecule is COc1ccc(C(=O)NC2=NN(c3ccccc3)C(=O)C2)cc1Cl. The Bertz CT molecular complexity index is 821. The quantitative estimate of drug-likeness (QED) is 0.931. The molecule has 0 aromatic heterocycles. The first-order chi connectivity index (χ1) is 11.6. The minimum Gasteiger partial charge on any atom is -0.495 e. The van der Waals surface area contributed by atoms with Gasteiger partial charge in [-0.2, -0.15) is 10.1 Å². The van der Waals surface area contributed by atoms with E-state index in [1.54, 1.807) is 24.3 Å². The van der Waals surface area contributed by atoms with E-state index in [4.69, 9.17) is 16.3 Å². The van der Waals surface area contributed by atoms with Crippen molar-refractivity contribution in [2.45, 2.75) is 6.42 Å². The number of methoxy groups -OCH3 is 1. The fourth-order valence-electron chi connectivity index (χ4n) is 2.28. The zero-order chi connectivity index (χ0) is 17.1. The maximum atomic E-state index is 12.3. The number of hydrogen-bond acceptors (Lipinski definition) is 4. The zero-order valence-electron chi connectivity index (χ0n) is 12.8. The Labute approximate surface area is 143 Å². The van der Waals surface area contributed by atoms with Crippen molar-refractivity contribution in [2.75, 3.05) is 12.1 Å². The first-order valence-corrected chi connectivity index (χ1v) is 7.56. The second-order valence-electron chi connectivity index (χ2n) is 5.07. The monoisotopic (exact) mass is 343 g/mol. The van der Waals surface area contributed by atoms with Crippen LogP contribution in [-0.2, 0) is 4.79 Å². The van der Waals surface area contributed by atoms with Crippen LogP contribution >= 0.6 is 11.6 Å². The first kappa shape index (κ1) is 16.0. The van der Waals surface area contributed by atoms with Gasteiger partial charge in [-0.1, -0.05) is 29.8 Å². The smallest absolute Gasteiger partial charge is 0.256 e. The molecule has 2 aromatic carbocycles. The molecule has 1 aliphatic heterocycles. The number of amidine groups is 1. The van der Waals surface area contributed by atoms with Gasteiger partial charge in [-0.15, -0.1) is 0 Å². The van der Waals surface area contributed by atoms with Crippen molar-refractivity contribution in [3.63, 3.8) is 0 Å². The molecular weight excluding hydrogens is 330 g/mol. The highest BCUT2D eigenvalue weighted by Crippen LogP contribution is 2.25. The highest BCUT2D eigenvalue weighted by molar-refractivity contribution is 6.32. The molecule has 0 bridgehead atoms. The van der Waals surface area contributed by atoms with Crippen LogP contribution in [0.2, 0.25) is 5.02 Å². The number of hydrogen-bond donors (Lipinski definition) is 1. The number of para-hydroxylation sites is 1. The molecule has 0 radical (unpaired) electrons. The number of rotatable bonds is 3. The standard InChI is InChI=1S/C17H14ClN3O3/c1-24-14-8-7-11(9-13(14)18)17(23)19-15-10-16(22)21(20-15)12-5-3-2-4-6-12/h2-9H,10H2,1H3,(H,19,20,23). The van der Waals surface area contributed by atoms with Crippen molar-refractivity contribution in [1.29, 1.82) is 0 Å². The summed E-state index contributed by atoms with van der Waals surface area (Å²) >= 11 is 6.02. The molecule has 1 N–H and O–H groups in total. The lowest BCUT2D eigenvalue weighted by molar-refractivity contribution is -0.116. The van der Waals surface area contributed by atoms with Crippen LogP contribution in [0.5, 0.6) is 5.75 Å². The van der Waals surface area contributed by atoms with E-state index in [0.29, 0.717) is 27.9 Å². The molecule has 1 heterocycles. The Morgan fingerprint density at radius 2 is 2.00 bits per heavy atom. The third kappa shape index (κ3) is 3.23. The molecular formula is C17H14ClN3O3. The van der Waals surface area contributed by atoms with Gasteiger partial charge in [0.05, 0.1) is 24.2 Å². The number of carbonyl (C=O) groups excluding carboxylic acids is 2. The van der Waals surface area contributed by atoms with Crippen LogP contribution in [0.4, 0.5) is 5.69 Å². The van der Waals surface area contributed by atoms with Gasteiger partial charge in [0.15, 0.2) is 0 Å². The highest BCUT2D eigenvalue weighted by Gasteiger charge is 2.26. The molecule has 0 aliphatic carbocycles. The molecule has 0 spiro atoms. The van der Waals surface area contributed by atoms with E-state index < -0.39 is 0 Å². The van der Waals surface area contributed by atoms with Crippen LogP contribution in [0.1, 0.15) is 16.8 Å². The van der Waals surface area contributed by atoms with E-state index in [1.165, 1.54) is 18.2 Å². The zero-order valence-corrected chi connectivity index (χ0v) is 13.6. The topological polar surface area (TPSA) is 71.0 Å². The molecule has 24 heavy (non-hydrogen) atoms. The average Bonchev–Trinajstić information content (AvgIpc) is 2.95. The van der Waals surface area contributed by atoms with E-state index >= 15 is 0 Å². The summed E-state index contributed by atoms with van der Waals surface area (Å²) in [6.45, 7) is 0. The van der Waals surface area contributed by atoms with Crippen molar-refractivity contribution in [3.8, 4) is 5.75 Å². The molecule has 0 fully saturated rings. The molecule has 0 saturated carbocycles. The third-order valence-electron chi connectivity index (χ3n) is 3.45. The van der Waals surface area contributed by atoms with Crippen LogP contribution in [0.3, 0.4) is 0 Å². The average molecular weight is 344 g/mol. The van der Waals surface area contributed by atoms with Gasteiger partial charge in [0, 0.05) is 5.56 Å². The molecule has 3 rings (SSSR count). The van der Waals surface area contributed by atoms with Crippen LogP contribution in [0.25, 0.3) is 0 Å². The summed E-state index contributed by atoms with van der Waals surface area (Å²) in [5.41, 5.74) is 1.01. The van der Waals surface area contributed by atoms with Gasteiger partial charge in [-0.05, 0) is 30.3 Å². The summed E-state index contributed by atoms with van der Waals surface area (Å²) in [6.07, 6.45) is 0.0323. The number of nitrogens with one attached hydrogen (secondary N) is 1. The van der Waals surface area contributed by atoms with Gasteiger partial charge in [0.1, 0.15) is 11.6 Å². The highest BCUT2D eigenvalue weighted by atomic mass is 35.5. The number of ether oxygens (including phenoxy) is 1. The first-order valence-electron chi connectivity index (χ1n) is 7.19. The fourth-order valence-corrected chi connectivity index (χ4v) is 2.54. The molecule has 2 aromatic rings. The van der Waals surface area contributed by atoms with Gasteiger partial charge in [-0.25, -0.2) is 0 Å². The molecule has 0 atom stereocenters. The molecule has 0 saturated heterocycles. The number of benzene rings is 2. The van der Waals surface area contributed by atoms with Crippen LogP contribution in [0.15, 0.2) is 53.6 Å². The van der Waals surface area contributed by atoms with Gasteiger partial charge in [0.25, 0.3) is 11.8 Å². The number of hydrazone groups is 1. The van der Waals surface area contributed by atoms with Gasteiger partial charge < -0.3 is 10.1 Å². The van der Waals surface area contributed by atoms with Crippen LogP contribution < -0.4 is 15.1 Å². The number of halogens is 1. The second-order valence-corrected chi connectivity index (χ2v) is 5.48. The van der Waals surface area contributed by atoms with E-state index in [2.05, 4.69) is 10.4 Å². The van der Waals surface area contributed by atoms with Crippen molar-refractivity contribution in [2.24, 2.45) is 5.10 Å². The predicted octanol–water partition coefficient (Wildman–Crippen LogP) is 2.83. The second kappa shape index (κ2) is 6.72. The van der Waals surface area contributed by atoms with Crippen molar-refractivity contribution in [1.82, 2.24) is 5.32 Å². The number of amides is 2. The van der Waals surface area contributed by atoms with Crippen molar-refractivity contribution < 1.29 is 14.3 Å². The number of nitrogens with zero attached hydrogens (tertiary/aromatic N) is 2. The van der Waals surface area contributed by atoms with Gasteiger partial charge in [-0.3, -0.25) is 9.59 Å². The fraction of sp³-hybridized carbons (Fsp3) is 0.118. The maximum absolute atomic E-state index is 12.3. The molecule has 2 amide bonds. The summed E-state index contributed by atoms with van der Waals surface area (Å²) in [5.74, 6) is 0.183. The predicted molar refractivity (Wildman–Crippen MR) is 91.5 cm³/mol. The van der Waals surface area contributed by atoms with Gasteiger partial charge >= 0.3 is 0 Å². The number of anilines is 1. The summed E-state index contributed by atoms with van der Waals surface area (Å²) in [4.78, 5) is 24.3. The lowest BCUT2D eigenvalue weighted by atomic mass is 10.2. The van der Waals surface area contributed by atoms with E-state index in [-0.39, 0.29) is 18.2 Å². The summed E-state index contributed by atoms with van der Waals surface area (Å²) in [7, 11) is 1.50. The Morgan fingerprint density at radius 3 is 2.67 bits per heavy atom. The van der Waals surface area contributed by atoms with Crippen molar-refractivity contribution >= 4 is 34.9 Å². The lowest BCUT2D eigenvalue weighted by Crippen LogP contribution is -2.29. The normalized spacial score (nSPS) is 13.7. The largest absolute Gasteiger partial charge is 0.495 e. The Hall–Kier alpha value is -2.86. The Morgan fingerprint density at radius 1 is 1.25 bits per heavy atom. The van der Waals surface area contributed by atoms with E-state index in [9.17, 15) is 9.59 Å². The molecule has 6 nitrogen and oxygen atoms in total. The Kier molecular flexibility index (Phi) is 4.48. The summed E-state index contributed by atoms with van der Waals surface area (Å²) < 4.78 is 5.05. The third-order valence-corrected chi connectivity index (χ3v) is 3.74. The number of carbonyl (C=O) groups is 2. The minimum absolute atomic E-state index is 0.0323. The van der Waals surface area contributed by atoms with E-state index in [1.807, 2.05) is 18.2 Å². The Balaban J connectivity index is 1.75. The van der Waals surface area contributed by atoms with Crippen molar-refractivity contribution in [3.05, 3.63) is 59.1 Å². The molecule has 7 heteroatoms. The maximum Gasteiger partial charge on any atom is 0.256 e. The summed E-state index contributed by atoms with van der Waals surface area (Å²) in [6, 6.07) is 13.7. The van der Waals surface area contributed by atoms with E-state index in [0.717, 1.165) is 0 Å². The van der Waals surface area contributed by atoms with Gasteiger partial charge in [0.2, 0.25) is 0 Å². The summed E-state index contributed by atoms with van der Waals surface area (Å²) in [5, 5.41) is 8.42. The van der Waals surface area contributed by atoms with Crippen LogP contribution in [0, 0.1) is 0 Å². The minimum atomic E-state index is -0.388. The van der Waals surface area contributed by atoms with Crippen LogP contribution in [-0.4, -0.2) is 24.8 Å². The lowest BCUT2D eigenvalue weighted by Gasteiger charge is -2.10. The molecule has 1 aliphatic rings. The molecule has 0 unspecified atom stereocenters. The molecule has 122 valence electrons.